The summed E-state index contributed by atoms with van der Waals surface area (Å²) in [7, 11) is 0. The van der Waals surface area contributed by atoms with E-state index in [4.69, 9.17) is 0 Å². The van der Waals surface area contributed by atoms with Crippen LogP contribution in [0, 0.1) is 0 Å². The Labute approximate surface area is 146 Å². The van der Waals surface area contributed by atoms with Crippen molar-refractivity contribution in [3.8, 4) is 5.69 Å². The minimum Gasteiger partial charge on any atom is -0.394 e. The van der Waals surface area contributed by atoms with Crippen molar-refractivity contribution in [1.29, 1.82) is 0 Å². The lowest BCUT2D eigenvalue weighted by Crippen LogP contribution is -2.40. The monoisotopic (exact) mass is 370 g/mol. The third-order valence-corrected chi connectivity index (χ3v) is 4.13. The summed E-state index contributed by atoms with van der Waals surface area (Å²) in [4.78, 5) is 13.6. The quantitative estimate of drug-likeness (QED) is 0.769. The van der Waals surface area contributed by atoms with Crippen molar-refractivity contribution in [2.45, 2.75) is 24.7 Å². The van der Waals surface area contributed by atoms with E-state index in [-0.39, 0.29) is 31.1 Å². The highest BCUT2D eigenvalue weighted by Gasteiger charge is 2.34. The van der Waals surface area contributed by atoms with E-state index in [1.165, 1.54) is 34.0 Å². The lowest BCUT2D eigenvalue weighted by atomic mass is 10.2. The second-order valence-corrected chi connectivity index (χ2v) is 6.00. The van der Waals surface area contributed by atoms with Crippen LogP contribution in [-0.2, 0) is 6.18 Å². The van der Waals surface area contributed by atoms with Crippen LogP contribution in [-0.4, -0.2) is 56.2 Å². The van der Waals surface area contributed by atoms with Crippen LogP contribution in [0.25, 0.3) is 5.69 Å². The molecule has 0 spiro atoms. The van der Waals surface area contributed by atoms with Crippen molar-refractivity contribution in [1.82, 2.24) is 14.7 Å². The van der Waals surface area contributed by atoms with Crippen molar-refractivity contribution < 1.29 is 28.2 Å². The van der Waals surface area contributed by atoms with E-state index in [1.807, 2.05) is 0 Å². The van der Waals surface area contributed by atoms with Crippen LogP contribution in [0.5, 0.6) is 0 Å². The van der Waals surface area contributed by atoms with Crippen LogP contribution in [0.3, 0.4) is 0 Å². The number of carbonyl (C=O) groups is 1. The predicted octanol–water partition coefficient (Wildman–Crippen LogP) is 1.85. The molecule has 1 saturated heterocycles. The minimum absolute atomic E-state index is 0.0887. The smallest absolute Gasteiger partial charge is 0.394 e. The highest BCUT2D eigenvalue weighted by molar-refractivity contribution is 5.88. The number of halogens is 3. The van der Waals surface area contributed by atoms with Gasteiger partial charge in [-0.3, -0.25) is 5.32 Å². The van der Waals surface area contributed by atoms with Crippen LogP contribution in [0.1, 0.15) is 12.0 Å². The zero-order valence-electron chi connectivity index (χ0n) is 13.5. The summed E-state index contributed by atoms with van der Waals surface area (Å²) in [6, 6.07) is 5.06. The van der Waals surface area contributed by atoms with Crippen molar-refractivity contribution in [2.75, 3.05) is 18.5 Å². The Hall–Kier alpha value is -2.59. The van der Waals surface area contributed by atoms with E-state index in [0.29, 0.717) is 0 Å². The number of hydrogen-bond donors (Lipinski definition) is 3. The number of alkyl halides is 3. The molecule has 0 radical (unpaired) electrons. The zero-order valence-corrected chi connectivity index (χ0v) is 13.5. The molecule has 1 fully saturated rings. The van der Waals surface area contributed by atoms with Crippen molar-refractivity contribution in [3.05, 3.63) is 42.1 Å². The van der Waals surface area contributed by atoms with Crippen LogP contribution in [0.15, 0.2) is 36.5 Å². The van der Waals surface area contributed by atoms with Crippen molar-refractivity contribution in [2.24, 2.45) is 0 Å². The molecular weight excluding hydrogens is 353 g/mol. The zero-order chi connectivity index (χ0) is 18.9. The maximum Gasteiger partial charge on any atom is 0.416 e. The fourth-order valence-electron chi connectivity index (χ4n) is 2.85. The number of nitrogens with zero attached hydrogens (tertiary/aromatic N) is 3. The number of amides is 2. The van der Waals surface area contributed by atoms with E-state index in [1.54, 1.807) is 0 Å². The topological polar surface area (TPSA) is 90.6 Å². The fourth-order valence-corrected chi connectivity index (χ4v) is 2.85. The Morgan fingerprint density at radius 3 is 2.81 bits per heavy atom. The number of rotatable bonds is 3. The first-order valence-electron chi connectivity index (χ1n) is 7.88. The molecule has 3 N–H and O–H groups in total. The van der Waals surface area contributed by atoms with Crippen LogP contribution < -0.4 is 5.32 Å². The number of nitrogens with one attached hydrogen (secondary N) is 1. The summed E-state index contributed by atoms with van der Waals surface area (Å²) in [5, 5.41) is 25.5. The van der Waals surface area contributed by atoms with Gasteiger partial charge in [-0.2, -0.15) is 13.2 Å². The molecule has 26 heavy (non-hydrogen) atoms. The van der Waals surface area contributed by atoms with Gasteiger partial charge in [-0.1, -0.05) is 6.07 Å². The summed E-state index contributed by atoms with van der Waals surface area (Å²) in [5.74, 6) is 0.144. The number of aliphatic hydroxyl groups excluding tert-OH is 2. The third-order valence-electron chi connectivity index (χ3n) is 4.13. The van der Waals surface area contributed by atoms with E-state index in [0.717, 1.165) is 12.1 Å². The first-order valence-corrected chi connectivity index (χ1v) is 7.88. The minimum atomic E-state index is -4.46. The molecule has 3 rings (SSSR count). The normalized spacial score (nSPS) is 20.4. The van der Waals surface area contributed by atoms with E-state index < -0.39 is 29.9 Å². The average molecular weight is 370 g/mol. The van der Waals surface area contributed by atoms with Crippen LogP contribution in [0.4, 0.5) is 23.8 Å². The SMILES string of the molecule is O=C(Nc1ccn(-c2cccc(C(F)(F)F)c2)n1)N1C[C@@H](O)C[C@H]1CO. The van der Waals surface area contributed by atoms with Crippen LogP contribution in [0.2, 0.25) is 0 Å². The molecule has 2 aromatic rings. The Kier molecular flexibility index (Phi) is 4.88. The largest absolute Gasteiger partial charge is 0.416 e. The molecule has 1 aliphatic rings. The van der Waals surface area contributed by atoms with Gasteiger partial charge in [0.15, 0.2) is 5.82 Å². The van der Waals surface area contributed by atoms with Crippen molar-refractivity contribution in [3.63, 3.8) is 0 Å². The van der Waals surface area contributed by atoms with Gasteiger partial charge in [-0.05, 0) is 24.6 Å². The molecule has 0 unspecified atom stereocenters. The maximum atomic E-state index is 12.8. The van der Waals surface area contributed by atoms with Gasteiger partial charge >= 0.3 is 12.2 Å². The molecule has 2 amide bonds. The first-order chi connectivity index (χ1) is 12.3. The third kappa shape index (κ3) is 3.81. The summed E-state index contributed by atoms with van der Waals surface area (Å²) >= 11 is 0. The second kappa shape index (κ2) is 6.96. The lowest BCUT2D eigenvalue weighted by molar-refractivity contribution is -0.137. The molecule has 2 heterocycles. The summed E-state index contributed by atoms with van der Waals surface area (Å²) < 4.78 is 39.6. The van der Waals surface area contributed by atoms with Gasteiger partial charge < -0.3 is 15.1 Å². The molecule has 140 valence electrons. The molecule has 0 bridgehead atoms. The molecular formula is C16H17F3N4O3. The molecule has 1 aliphatic heterocycles. The number of urea groups is 1. The number of benzene rings is 1. The van der Waals surface area contributed by atoms with Gasteiger partial charge in [0, 0.05) is 18.8 Å². The number of aliphatic hydroxyl groups is 2. The maximum absolute atomic E-state index is 12.8. The van der Waals surface area contributed by atoms with Gasteiger partial charge in [0.1, 0.15) is 0 Å². The Morgan fingerprint density at radius 2 is 2.12 bits per heavy atom. The summed E-state index contributed by atoms with van der Waals surface area (Å²) in [6.45, 7) is -0.186. The highest BCUT2D eigenvalue weighted by atomic mass is 19.4. The number of likely N-dealkylation sites (tertiary alicyclic amines) is 1. The highest BCUT2D eigenvalue weighted by Crippen LogP contribution is 2.30. The van der Waals surface area contributed by atoms with Crippen LogP contribution >= 0.6 is 0 Å². The van der Waals surface area contributed by atoms with E-state index >= 15 is 0 Å². The number of aromatic nitrogens is 2. The molecule has 0 saturated carbocycles. The lowest BCUT2D eigenvalue weighted by Gasteiger charge is -2.22. The van der Waals surface area contributed by atoms with Gasteiger partial charge in [0.2, 0.25) is 0 Å². The van der Waals surface area contributed by atoms with Gasteiger partial charge in [-0.25, -0.2) is 9.48 Å². The number of hydrogen-bond acceptors (Lipinski definition) is 4. The number of carbonyl (C=O) groups excluding carboxylic acids is 1. The Bertz CT molecular complexity index is 793. The van der Waals surface area contributed by atoms with E-state index in [9.17, 15) is 28.2 Å². The molecule has 2 atom stereocenters. The second-order valence-electron chi connectivity index (χ2n) is 6.00. The first kappa shape index (κ1) is 18.2. The van der Waals surface area contributed by atoms with Gasteiger partial charge in [-0.15, -0.1) is 5.10 Å². The summed E-state index contributed by atoms with van der Waals surface area (Å²) in [5.41, 5.74) is -0.599. The molecule has 1 aromatic heterocycles. The Balaban J connectivity index is 1.73. The van der Waals surface area contributed by atoms with E-state index in [2.05, 4.69) is 10.4 Å². The Morgan fingerprint density at radius 1 is 1.35 bits per heavy atom. The number of anilines is 1. The standard InChI is InChI=1S/C16H17F3N4O3/c17-16(18,19)10-2-1-3-11(6-10)23-5-4-14(21-23)20-15(26)22-8-13(25)7-12(22)9-24/h1-6,12-13,24-25H,7-9H2,(H,20,21,26)/t12-,13-/m0/s1. The molecule has 7 nitrogen and oxygen atoms in total. The number of β-amino-alcohol motifs (C(OH)–C–C–N with tert-alkyl or cyclic N) is 1. The summed E-state index contributed by atoms with van der Waals surface area (Å²) in [6.07, 6.45) is -3.47. The molecule has 0 aliphatic carbocycles. The molecule has 10 heteroatoms. The fraction of sp³-hybridized carbons (Fsp3) is 0.375. The predicted molar refractivity (Wildman–Crippen MR) is 85.8 cm³/mol. The molecule has 1 aromatic carbocycles. The van der Waals surface area contributed by atoms with Crippen molar-refractivity contribution >= 4 is 11.8 Å². The van der Waals surface area contributed by atoms with Gasteiger partial charge in [0.05, 0.1) is 30.0 Å². The average Bonchev–Trinajstić information content (AvgIpc) is 3.20. The van der Waals surface area contributed by atoms with Gasteiger partial charge in [0.25, 0.3) is 0 Å².